The second kappa shape index (κ2) is 28.7. The molecule has 0 saturated carbocycles. The summed E-state index contributed by atoms with van der Waals surface area (Å²) in [6.07, 6.45) is -2.98. The zero-order chi connectivity index (χ0) is 48.2. The van der Waals surface area contributed by atoms with Gasteiger partial charge in [-0.25, -0.2) is 19.2 Å². The standard InChI is InChI=1S/C51H59N7O10/c52-45-23-21-43(22-24-45)44(33-46(59)57(29-25-53-48(61)65-35-39-13-5-1-6-14-39)30-26-54-49(62)66-36-40-15-7-2-8-16-40)34-47(60)58(31-27-55-50(63)67-37-41-17-9-3-10-18-41)32-28-56-51(64)68-38-42-19-11-4-12-20-42/h1-24,44H,25-38,52H2,(H,53,61)(H,54,62)(H,55,63)(H,56,64). The summed E-state index contributed by atoms with van der Waals surface area (Å²) in [5, 5.41) is 10.7. The fourth-order valence-corrected chi connectivity index (χ4v) is 6.75. The minimum atomic E-state index is -0.674. The number of anilines is 1. The third-order valence-electron chi connectivity index (χ3n) is 10.4. The molecule has 0 aliphatic heterocycles. The smallest absolute Gasteiger partial charge is 0.407 e. The monoisotopic (exact) mass is 929 g/mol. The Bertz CT molecular complexity index is 2040. The minimum Gasteiger partial charge on any atom is -0.445 e. The van der Waals surface area contributed by atoms with Crippen LogP contribution in [0.5, 0.6) is 0 Å². The van der Waals surface area contributed by atoms with E-state index in [4.69, 9.17) is 24.7 Å². The number of amides is 6. The van der Waals surface area contributed by atoms with Crippen LogP contribution in [0.15, 0.2) is 146 Å². The molecule has 0 spiro atoms. The lowest BCUT2D eigenvalue weighted by atomic mass is 9.91. The van der Waals surface area contributed by atoms with Crippen molar-refractivity contribution in [3.05, 3.63) is 173 Å². The van der Waals surface area contributed by atoms with Gasteiger partial charge >= 0.3 is 24.4 Å². The van der Waals surface area contributed by atoms with Gasteiger partial charge in [0, 0.05) is 76.8 Å². The molecule has 0 unspecified atom stereocenters. The third-order valence-corrected chi connectivity index (χ3v) is 10.4. The molecule has 0 fully saturated rings. The first-order chi connectivity index (χ1) is 33.1. The van der Waals surface area contributed by atoms with Gasteiger partial charge in [0.05, 0.1) is 0 Å². The van der Waals surface area contributed by atoms with Gasteiger partial charge in [-0.2, -0.15) is 0 Å². The molecule has 0 radical (unpaired) electrons. The molecular formula is C51H59N7O10. The summed E-state index contributed by atoms with van der Waals surface area (Å²) in [7, 11) is 0. The molecule has 0 aliphatic carbocycles. The lowest BCUT2D eigenvalue weighted by Crippen LogP contribution is -2.44. The molecule has 17 heteroatoms. The number of nitrogen functional groups attached to an aromatic ring is 1. The van der Waals surface area contributed by atoms with Gasteiger partial charge in [-0.05, 0) is 39.9 Å². The van der Waals surface area contributed by atoms with Crippen LogP contribution in [0, 0.1) is 0 Å². The summed E-state index contributed by atoms with van der Waals surface area (Å²) in [4.78, 5) is 82.1. The predicted molar refractivity (Wildman–Crippen MR) is 255 cm³/mol. The van der Waals surface area contributed by atoms with E-state index < -0.39 is 30.3 Å². The largest absolute Gasteiger partial charge is 0.445 e. The van der Waals surface area contributed by atoms with Gasteiger partial charge in [-0.1, -0.05) is 133 Å². The van der Waals surface area contributed by atoms with Crippen LogP contribution in [0.4, 0.5) is 24.9 Å². The van der Waals surface area contributed by atoms with Gasteiger partial charge in [-0.3, -0.25) is 9.59 Å². The molecule has 0 atom stereocenters. The Labute approximate surface area is 396 Å². The van der Waals surface area contributed by atoms with Crippen LogP contribution in [0.3, 0.4) is 0 Å². The maximum Gasteiger partial charge on any atom is 0.407 e. The molecule has 0 aromatic heterocycles. The van der Waals surface area contributed by atoms with Crippen molar-refractivity contribution in [2.45, 2.75) is 45.2 Å². The Kier molecular flexibility index (Phi) is 21.5. The van der Waals surface area contributed by atoms with E-state index in [2.05, 4.69) is 21.3 Å². The van der Waals surface area contributed by atoms with E-state index in [0.29, 0.717) is 11.3 Å². The molecule has 0 aliphatic rings. The van der Waals surface area contributed by atoms with Crippen LogP contribution < -0.4 is 27.0 Å². The van der Waals surface area contributed by atoms with Crippen molar-refractivity contribution in [2.75, 3.05) is 58.1 Å². The van der Waals surface area contributed by atoms with Gasteiger partial charge in [0.25, 0.3) is 0 Å². The number of nitrogens with zero attached hydrogens (tertiary/aromatic N) is 2. The van der Waals surface area contributed by atoms with Crippen LogP contribution in [-0.2, 0) is 55.0 Å². The maximum atomic E-state index is 14.3. The average molecular weight is 930 g/mol. The number of carbonyl (C=O) groups is 6. The minimum absolute atomic E-state index is 0.0264. The van der Waals surface area contributed by atoms with E-state index in [1.54, 1.807) is 24.3 Å². The summed E-state index contributed by atoms with van der Waals surface area (Å²) in [6, 6.07) is 43.6. The normalized spacial score (nSPS) is 10.5. The Morgan fingerprint density at radius 3 is 0.926 bits per heavy atom. The number of ether oxygens (including phenoxy) is 4. The van der Waals surface area contributed by atoms with Crippen molar-refractivity contribution in [1.82, 2.24) is 31.1 Å². The van der Waals surface area contributed by atoms with Gasteiger partial charge < -0.3 is 55.7 Å². The molecule has 0 bridgehead atoms. The Hall–Kier alpha value is -8.08. The highest BCUT2D eigenvalue weighted by Gasteiger charge is 2.26. The molecule has 6 N–H and O–H groups in total. The van der Waals surface area contributed by atoms with Gasteiger partial charge in [0.1, 0.15) is 26.4 Å². The van der Waals surface area contributed by atoms with Gasteiger partial charge in [0.15, 0.2) is 0 Å². The van der Waals surface area contributed by atoms with Crippen LogP contribution in [0.1, 0.15) is 46.6 Å². The summed E-state index contributed by atoms with van der Waals surface area (Å²) in [5.41, 5.74) is 10.4. The molecule has 5 aromatic rings. The van der Waals surface area contributed by atoms with E-state index in [9.17, 15) is 28.8 Å². The number of nitrogens with one attached hydrogen (secondary N) is 4. The molecule has 17 nitrogen and oxygen atoms in total. The van der Waals surface area contributed by atoms with Crippen LogP contribution >= 0.6 is 0 Å². The van der Waals surface area contributed by atoms with E-state index >= 15 is 0 Å². The van der Waals surface area contributed by atoms with E-state index in [1.807, 2.05) is 121 Å². The first-order valence-corrected chi connectivity index (χ1v) is 22.3. The fraction of sp³-hybridized carbons (Fsp3) is 0.294. The Balaban J connectivity index is 1.24. The summed E-state index contributed by atoms with van der Waals surface area (Å²) in [6.45, 7) is 0.527. The van der Waals surface area contributed by atoms with Crippen molar-refractivity contribution in [3.8, 4) is 0 Å². The highest BCUT2D eigenvalue weighted by atomic mass is 16.6. The maximum absolute atomic E-state index is 14.3. The average Bonchev–Trinajstić information content (AvgIpc) is 3.36. The molecule has 358 valence electrons. The first-order valence-electron chi connectivity index (χ1n) is 22.3. The Morgan fingerprint density at radius 2 is 0.662 bits per heavy atom. The van der Waals surface area contributed by atoms with Crippen molar-refractivity contribution in [3.63, 3.8) is 0 Å². The lowest BCUT2D eigenvalue weighted by Gasteiger charge is -2.28. The zero-order valence-electron chi connectivity index (χ0n) is 37.9. The molecule has 0 saturated heterocycles. The molecule has 6 amide bonds. The van der Waals surface area contributed by atoms with Crippen molar-refractivity contribution in [2.24, 2.45) is 0 Å². The van der Waals surface area contributed by atoms with Gasteiger partial charge in [0.2, 0.25) is 11.8 Å². The number of nitrogens with two attached hydrogens (primary N) is 1. The first kappa shape index (κ1) is 50.9. The van der Waals surface area contributed by atoms with E-state index in [-0.39, 0.29) is 103 Å². The Morgan fingerprint density at radius 1 is 0.397 bits per heavy atom. The van der Waals surface area contributed by atoms with Crippen molar-refractivity contribution < 1.29 is 47.7 Å². The SMILES string of the molecule is Nc1ccc(C(CC(=O)N(CCNC(=O)OCc2ccccc2)CCNC(=O)OCc2ccccc2)CC(=O)N(CCNC(=O)OCc2ccccc2)CCNC(=O)OCc2ccccc2)cc1. The summed E-state index contributed by atoms with van der Waals surface area (Å²) >= 11 is 0. The van der Waals surface area contributed by atoms with Gasteiger partial charge in [-0.15, -0.1) is 0 Å². The molecular weight excluding hydrogens is 871 g/mol. The highest BCUT2D eigenvalue weighted by Crippen LogP contribution is 2.26. The molecule has 5 aromatic carbocycles. The number of alkyl carbamates (subject to hydrolysis) is 4. The van der Waals surface area contributed by atoms with Crippen LogP contribution in [-0.4, -0.2) is 98.3 Å². The second-order valence-corrected chi connectivity index (χ2v) is 15.5. The predicted octanol–water partition coefficient (Wildman–Crippen LogP) is 6.50. The summed E-state index contributed by atoms with van der Waals surface area (Å²) < 4.78 is 21.4. The quantitative estimate of drug-likeness (QED) is 0.0314. The second-order valence-electron chi connectivity index (χ2n) is 15.5. The molecule has 5 rings (SSSR count). The van der Waals surface area contributed by atoms with Crippen molar-refractivity contribution in [1.29, 1.82) is 0 Å². The number of hydrogen-bond acceptors (Lipinski definition) is 11. The number of rotatable bonds is 25. The molecule has 0 heterocycles. The number of hydrogen-bond donors (Lipinski definition) is 5. The lowest BCUT2D eigenvalue weighted by molar-refractivity contribution is -0.133. The molecule has 68 heavy (non-hydrogen) atoms. The third kappa shape index (κ3) is 19.6. The number of benzene rings is 5. The zero-order valence-corrected chi connectivity index (χ0v) is 37.9. The van der Waals surface area contributed by atoms with E-state index in [1.165, 1.54) is 9.80 Å². The highest BCUT2D eigenvalue weighted by molar-refractivity contribution is 5.81. The fourth-order valence-electron chi connectivity index (χ4n) is 6.75. The number of carbonyl (C=O) groups excluding carboxylic acids is 6. The summed E-state index contributed by atoms with van der Waals surface area (Å²) in [5.74, 6) is -1.40. The van der Waals surface area contributed by atoms with Crippen molar-refractivity contribution >= 4 is 41.9 Å². The van der Waals surface area contributed by atoms with Crippen LogP contribution in [0.2, 0.25) is 0 Å². The van der Waals surface area contributed by atoms with E-state index in [0.717, 1.165) is 22.3 Å². The van der Waals surface area contributed by atoms with Crippen LogP contribution in [0.25, 0.3) is 0 Å². The topological polar surface area (TPSA) is 220 Å².